The summed E-state index contributed by atoms with van der Waals surface area (Å²) in [5, 5.41) is 2.96. The first-order valence-electron chi connectivity index (χ1n) is 10.8. The number of anilines is 1. The van der Waals surface area contributed by atoms with Crippen LogP contribution in [0.4, 0.5) is 10.1 Å². The zero-order valence-electron chi connectivity index (χ0n) is 18.9. The number of nitrogens with zero attached hydrogens (tertiary/aromatic N) is 1. The third kappa shape index (κ3) is 7.60. The number of ether oxygens (including phenoxy) is 1. The van der Waals surface area contributed by atoms with Gasteiger partial charge >= 0.3 is 0 Å². The second-order valence-corrected chi connectivity index (χ2v) is 8.72. The van der Waals surface area contributed by atoms with Gasteiger partial charge in [-0.3, -0.25) is 4.79 Å². The maximum Gasteiger partial charge on any atom is 0.251 e. The molecular weight excluding hydrogens is 437 g/mol. The quantitative estimate of drug-likeness (QED) is 0.379. The molecule has 0 radical (unpaired) electrons. The third-order valence-corrected chi connectivity index (χ3v) is 5.50. The fraction of sp³-hybridized carbons (Fsp3) is 0.269. The van der Waals surface area contributed by atoms with Crippen LogP contribution in [0.1, 0.15) is 40.0 Å². The SMILES string of the molecule is C[C@@H](NC(=O)c1cc(COCC(N)Cc2ccccc2)cc(N(C)S)c1)c1ccc(F)cc1. The summed E-state index contributed by atoms with van der Waals surface area (Å²) < 4.78 is 20.7. The van der Waals surface area contributed by atoms with Gasteiger partial charge in [0.15, 0.2) is 0 Å². The van der Waals surface area contributed by atoms with E-state index in [4.69, 9.17) is 10.5 Å². The molecule has 0 saturated carbocycles. The van der Waals surface area contributed by atoms with Gasteiger partial charge in [0.2, 0.25) is 0 Å². The van der Waals surface area contributed by atoms with E-state index in [1.165, 1.54) is 17.7 Å². The Morgan fingerprint density at radius 2 is 1.79 bits per heavy atom. The van der Waals surface area contributed by atoms with E-state index in [-0.39, 0.29) is 23.8 Å². The second-order valence-electron chi connectivity index (χ2n) is 8.12. The minimum absolute atomic E-state index is 0.123. The van der Waals surface area contributed by atoms with Crippen molar-refractivity contribution in [1.29, 1.82) is 0 Å². The number of nitrogens with two attached hydrogens (primary N) is 1. The van der Waals surface area contributed by atoms with Gasteiger partial charge in [-0.1, -0.05) is 55.3 Å². The molecule has 0 spiro atoms. The lowest BCUT2D eigenvalue weighted by molar-refractivity contribution is 0.0938. The van der Waals surface area contributed by atoms with E-state index in [1.54, 1.807) is 35.6 Å². The van der Waals surface area contributed by atoms with Crippen molar-refractivity contribution in [3.8, 4) is 0 Å². The molecule has 5 nitrogen and oxygen atoms in total. The van der Waals surface area contributed by atoms with Gasteiger partial charge in [0, 0.05) is 24.3 Å². The molecule has 3 aromatic carbocycles. The van der Waals surface area contributed by atoms with Crippen molar-refractivity contribution in [3.05, 3.63) is 101 Å². The number of hydrogen-bond donors (Lipinski definition) is 3. The van der Waals surface area contributed by atoms with Crippen LogP contribution in [0.2, 0.25) is 0 Å². The Balaban J connectivity index is 1.63. The van der Waals surface area contributed by atoms with Gasteiger partial charge in [0.1, 0.15) is 5.82 Å². The van der Waals surface area contributed by atoms with Crippen LogP contribution >= 0.6 is 12.8 Å². The van der Waals surface area contributed by atoms with Crippen LogP contribution in [-0.4, -0.2) is 25.6 Å². The number of thiol groups is 1. The van der Waals surface area contributed by atoms with E-state index in [1.807, 2.05) is 43.3 Å². The van der Waals surface area contributed by atoms with Crippen LogP contribution in [0.5, 0.6) is 0 Å². The van der Waals surface area contributed by atoms with Crippen molar-refractivity contribution in [3.63, 3.8) is 0 Å². The fourth-order valence-corrected chi connectivity index (χ4v) is 3.61. The standard InChI is InChI=1S/C26H30FN3O2S/c1-18(21-8-10-23(27)11-9-21)29-26(31)22-12-20(14-25(15-22)30(2)33)16-32-17-24(28)13-19-6-4-3-5-7-19/h3-12,14-15,18,24,33H,13,16-17,28H2,1-2H3,(H,29,31)/t18-,24?/m1/s1. The van der Waals surface area contributed by atoms with Gasteiger partial charge in [-0.15, -0.1) is 0 Å². The Labute approximate surface area is 200 Å². The highest BCUT2D eigenvalue weighted by molar-refractivity contribution is 7.81. The molecule has 0 fully saturated rings. The molecule has 0 saturated heterocycles. The normalized spacial score (nSPS) is 12.8. The van der Waals surface area contributed by atoms with Crippen molar-refractivity contribution in [2.75, 3.05) is 18.0 Å². The predicted molar refractivity (Wildman–Crippen MR) is 134 cm³/mol. The highest BCUT2D eigenvalue weighted by Crippen LogP contribution is 2.22. The molecular formula is C26H30FN3O2S. The molecule has 174 valence electrons. The average molecular weight is 468 g/mol. The number of benzene rings is 3. The minimum Gasteiger partial charge on any atom is -0.375 e. The van der Waals surface area contributed by atoms with Gasteiger partial charge in [-0.05, 0) is 60.4 Å². The van der Waals surface area contributed by atoms with Crippen molar-refractivity contribution < 1.29 is 13.9 Å². The van der Waals surface area contributed by atoms with Crippen molar-refractivity contribution in [2.45, 2.75) is 32.0 Å². The topological polar surface area (TPSA) is 67.6 Å². The lowest BCUT2D eigenvalue weighted by Crippen LogP contribution is -2.28. The molecule has 0 bridgehead atoms. The first-order valence-corrected chi connectivity index (χ1v) is 11.2. The first-order chi connectivity index (χ1) is 15.8. The Hall–Kier alpha value is -2.87. The van der Waals surface area contributed by atoms with E-state index in [0.29, 0.717) is 18.8 Å². The lowest BCUT2D eigenvalue weighted by Gasteiger charge is -2.18. The van der Waals surface area contributed by atoms with Crippen LogP contribution in [0, 0.1) is 5.82 Å². The molecule has 3 rings (SSSR count). The summed E-state index contributed by atoms with van der Waals surface area (Å²) in [6.07, 6.45) is 0.731. The maximum absolute atomic E-state index is 13.2. The van der Waals surface area contributed by atoms with Crippen LogP contribution in [0.15, 0.2) is 72.8 Å². The highest BCUT2D eigenvalue weighted by atomic mass is 32.1. The summed E-state index contributed by atoms with van der Waals surface area (Å²) in [7, 11) is 1.79. The van der Waals surface area contributed by atoms with E-state index < -0.39 is 0 Å². The van der Waals surface area contributed by atoms with Gasteiger partial charge in [-0.2, -0.15) is 0 Å². The van der Waals surface area contributed by atoms with Crippen molar-refractivity contribution in [2.24, 2.45) is 5.73 Å². The first kappa shape index (κ1) is 24.8. The van der Waals surface area contributed by atoms with Crippen LogP contribution in [0.25, 0.3) is 0 Å². The molecule has 1 unspecified atom stereocenters. The molecule has 2 atom stereocenters. The highest BCUT2D eigenvalue weighted by Gasteiger charge is 2.15. The molecule has 33 heavy (non-hydrogen) atoms. The summed E-state index contributed by atoms with van der Waals surface area (Å²) in [4.78, 5) is 12.9. The number of rotatable bonds is 10. The van der Waals surface area contributed by atoms with Crippen LogP contribution in [-0.2, 0) is 17.8 Å². The minimum atomic E-state index is -0.310. The van der Waals surface area contributed by atoms with Gasteiger partial charge < -0.3 is 20.1 Å². The van der Waals surface area contributed by atoms with Gasteiger partial charge in [-0.25, -0.2) is 4.39 Å². The number of halogens is 1. The monoisotopic (exact) mass is 467 g/mol. The number of hydrogen-bond acceptors (Lipinski definition) is 5. The second kappa shape index (κ2) is 11.8. The molecule has 0 aliphatic rings. The maximum atomic E-state index is 13.2. The Bertz CT molecular complexity index is 1050. The molecule has 0 aromatic heterocycles. The van der Waals surface area contributed by atoms with E-state index in [0.717, 1.165) is 23.2 Å². The van der Waals surface area contributed by atoms with Gasteiger partial charge in [0.05, 0.1) is 19.3 Å². The summed E-state index contributed by atoms with van der Waals surface area (Å²) in [6, 6.07) is 21.2. The number of carbonyl (C=O) groups excluding carboxylic acids is 1. The third-order valence-electron chi connectivity index (χ3n) is 5.27. The molecule has 7 heteroatoms. The molecule has 0 aliphatic heterocycles. The summed E-state index contributed by atoms with van der Waals surface area (Å²) in [5.41, 5.74) is 10.3. The molecule has 0 heterocycles. The average Bonchev–Trinajstić information content (AvgIpc) is 2.80. The number of nitrogens with one attached hydrogen (secondary N) is 1. The van der Waals surface area contributed by atoms with E-state index in [2.05, 4.69) is 18.1 Å². The number of carbonyl (C=O) groups is 1. The Morgan fingerprint density at radius 1 is 1.09 bits per heavy atom. The smallest absolute Gasteiger partial charge is 0.251 e. The molecule has 3 aromatic rings. The van der Waals surface area contributed by atoms with Crippen LogP contribution < -0.4 is 15.4 Å². The summed E-state index contributed by atoms with van der Waals surface area (Å²) >= 11 is 4.37. The largest absolute Gasteiger partial charge is 0.375 e. The Morgan fingerprint density at radius 3 is 2.45 bits per heavy atom. The van der Waals surface area contributed by atoms with Crippen molar-refractivity contribution in [1.82, 2.24) is 5.32 Å². The van der Waals surface area contributed by atoms with Crippen molar-refractivity contribution >= 4 is 24.4 Å². The summed E-state index contributed by atoms with van der Waals surface area (Å²) in [6.45, 7) is 2.59. The predicted octanol–water partition coefficient (Wildman–Crippen LogP) is 4.68. The van der Waals surface area contributed by atoms with Gasteiger partial charge in [0.25, 0.3) is 5.91 Å². The lowest BCUT2D eigenvalue weighted by atomic mass is 10.1. The van der Waals surface area contributed by atoms with Crippen LogP contribution in [0.3, 0.4) is 0 Å². The van der Waals surface area contributed by atoms with E-state index in [9.17, 15) is 9.18 Å². The zero-order chi connectivity index (χ0) is 23.8. The molecule has 1 amide bonds. The zero-order valence-corrected chi connectivity index (χ0v) is 19.8. The fourth-order valence-electron chi connectivity index (χ4n) is 3.49. The molecule has 3 N–H and O–H groups in total. The number of amides is 1. The molecule has 0 aliphatic carbocycles. The van der Waals surface area contributed by atoms with E-state index >= 15 is 0 Å². The Kier molecular flexibility index (Phi) is 8.88. The summed E-state index contributed by atoms with van der Waals surface area (Å²) in [5.74, 6) is -0.541.